The molecular weight excluding hydrogens is 372 g/mol. The van der Waals surface area contributed by atoms with Gasteiger partial charge in [0.25, 0.3) is 0 Å². The van der Waals surface area contributed by atoms with Crippen molar-refractivity contribution in [3.05, 3.63) is 30.6 Å². The summed E-state index contributed by atoms with van der Waals surface area (Å²) in [6, 6.07) is 5.94. The Morgan fingerprint density at radius 3 is 2.55 bits per heavy atom. The molecule has 4 rings (SSSR count). The highest BCUT2D eigenvalue weighted by atomic mass is 16.6. The summed E-state index contributed by atoms with van der Waals surface area (Å²) in [4.78, 5) is 28.3. The van der Waals surface area contributed by atoms with Gasteiger partial charge in [-0.2, -0.15) is 5.10 Å². The van der Waals surface area contributed by atoms with Gasteiger partial charge in [0.05, 0.1) is 49.4 Å². The highest BCUT2D eigenvalue weighted by Crippen LogP contribution is 2.40. The average Bonchev–Trinajstić information content (AvgIpc) is 3.42. The van der Waals surface area contributed by atoms with E-state index in [1.807, 2.05) is 56.0 Å². The normalized spacial score (nSPS) is 18.6. The molecule has 2 amide bonds. The maximum absolute atomic E-state index is 12.8. The van der Waals surface area contributed by atoms with Crippen molar-refractivity contribution in [3.63, 3.8) is 0 Å². The van der Waals surface area contributed by atoms with E-state index in [0.717, 1.165) is 24.0 Å². The predicted molar refractivity (Wildman–Crippen MR) is 109 cm³/mol. The molecule has 0 spiro atoms. The number of fused-ring (bicyclic) bond motifs is 1. The number of aromatic nitrogens is 2. The Morgan fingerprint density at radius 2 is 1.90 bits per heavy atom. The van der Waals surface area contributed by atoms with Gasteiger partial charge in [0.1, 0.15) is 0 Å². The third-order valence-electron chi connectivity index (χ3n) is 5.20. The molecule has 2 heterocycles. The maximum atomic E-state index is 12.8. The van der Waals surface area contributed by atoms with Crippen LogP contribution in [0.15, 0.2) is 30.6 Å². The molecule has 1 aliphatic heterocycles. The topological polar surface area (TPSA) is 76.9 Å². The van der Waals surface area contributed by atoms with Gasteiger partial charge in [-0.05, 0) is 51.3 Å². The van der Waals surface area contributed by atoms with Crippen molar-refractivity contribution in [1.29, 1.82) is 0 Å². The van der Waals surface area contributed by atoms with Crippen molar-refractivity contribution in [1.82, 2.24) is 9.78 Å². The second-order valence-electron chi connectivity index (χ2n) is 7.88. The SMILES string of the molecule is COC(=O)N1c2ccc(-c3cnn(C4CC4)c3)cc2N(C(=O)OC(C)C)CC1C. The van der Waals surface area contributed by atoms with Gasteiger partial charge in [-0.15, -0.1) is 0 Å². The highest BCUT2D eigenvalue weighted by Gasteiger charge is 2.36. The fraction of sp³-hybridized carbons (Fsp3) is 0.476. The summed E-state index contributed by atoms with van der Waals surface area (Å²) in [6.07, 6.45) is 5.06. The molecule has 1 aromatic heterocycles. The zero-order valence-corrected chi connectivity index (χ0v) is 17.2. The number of hydrogen-bond donors (Lipinski definition) is 0. The van der Waals surface area contributed by atoms with Crippen LogP contribution < -0.4 is 9.80 Å². The van der Waals surface area contributed by atoms with Gasteiger partial charge in [0.2, 0.25) is 0 Å². The molecule has 1 aromatic carbocycles. The monoisotopic (exact) mass is 398 g/mol. The summed E-state index contributed by atoms with van der Waals surface area (Å²) in [5.74, 6) is 0. The number of carbonyl (C=O) groups is 2. The first-order valence-corrected chi connectivity index (χ1v) is 9.93. The van der Waals surface area contributed by atoms with Gasteiger partial charge in [-0.25, -0.2) is 9.59 Å². The van der Waals surface area contributed by atoms with Crippen LogP contribution in [0.2, 0.25) is 0 Å². The lowest BCUT2D eigenvalue weighted by atomic mass is 10.0. The Kier molecular flexibility index (Phi) is 4.94. The summed E-state index contributed by atoms with van der Waals surface area (Å²) < 4.78 is 12.4. The largest absolute Gasteiger partial charge is 0.452 e. The van der Waals surface area contributed by atoms with E-state index in [1.54, 1.807) is 9.80 Å². The van der Waals surface area contributed by atoms with Gasteiger partial charge in [-0.3, -0.25) is 14.5 Å². The Labute approximate surface area is 170 Å². The Hall–Kier alpha value is -3.03. The number of hydrogen-bond acceptors (Lipinski definition) is 5. The molecule has 2 aliphatic rings. The van der Waals surface area contributed by atoms with Gasteiger partial charge < -0.3 is 9.47 Å². The van der Waals surface area contributed by atoms with Crippen molar-refractivity contribution < 1.29 is 19.1 Å². The number of anilines is 2. The number of amides is 2. The lowest BCUT2D eigenvalue weighted by Gasteiger charge is -2.40. The number of nitrogens with zero attached hydrogens (tertiary/aromatic N) is 4. The molecule has 0 saturated heterocycles. The first-order chi connectivity index (χ1) is 13.9. The van der Waals surface area contributed by atoms with Crippen LogP contribution >= 0.6 is 0 Å². The third-order valence-corrected chi connectivity index (χ3v) is 5.20. The number of rotatable bonds is 3. The molecule has 0 radical (unpaired) electrons. The van der Waals surface area contributed by atoms with Crippen LogP contribution in [0.25, 0.3) is 11.1 Å². The van der Waals surface area contributed by atoms with Gasteiger partial charge in [0, 0.05) is 11.8 Å². The zero-order chi connectivity index (χ0) is 20.7. The lowest BCUT2D eigenvalue weighted by molar-refractivity contribution is 0.121. The fourth-order valence-corrected chi connectivity index (χ4v) is 3.65. The molecule has 1 fully saturated rings. The minimum Gasteiger partial charge on any atom is -0.452 e. The van der Waals surface area contributed by atoms with Crippen LogP contribution in [-0.4, -0.2) is 47.8 Å². The Bertz CT molecular complexity index is 935. The van der Waals surface area contributed by atoms with Crippen LogP contribution in [0.1, 0.15) is 39.7 Å². The molecule has 1 atom stereocenters. The molecule has 1 saturated carbocycles. The summed E-state index contributed by atoms with van der Waals surface area (Å²) in [7, 11) is 1.36. The molecule has 8 nitrogen and oxygen atoms in total. The second kappa shape index (κ2) is 7.42. The van der Waals surface area contributed by atoms with Gasteiger partial charge >= 0.3 is 12.2 Å². The zero-order valence-electron chi connectivity index (χ0n) is 17.2. The van der Waals surface area contributed by atoms with Gasteiger partial charge in [0.15, 0.2) is 0 Å². The van der Waals surface area contributed by atoms with Crippen molar-refractivity contribution in [2.45, 2.75) is 51.8 Å². The maximum Gasteiger partial charge on any atom is 0.414 e. The quantitative estimate of drug-likeness (QED) is 0.774. The van der Waals surface area contributed by atoms with Crippen LogP contribution in [0.5, 0.6) is 0 Å². The van der Waals surface area contributed by atoms with E-state index in [2.05, 4.69) is 5.10 Å². The number of methoxy groups -OCH3 is 1. The minimum absolute atomic E-state index is 0.236. The number of carbonyl (C=O) groups excluding carboxylic acids is 2. The Balaban J connectivity index is 1.75. The van der Waals surface area contributed by atoms with Crippen molar-refractivity contribution in [3.8, 4) is 11.1 Å². The van der Waals surface area contributed by atoms with E-state index in [4.69, 9.17) is 9.47 Å². The standard InChI is InChI=1S/C21H26N4O4/c1-13(2)29-20(26)23-11-14(3)25(21(27)28-4)18-8-5-15(9-19(18)23)16-10-22-24(12-16)17-6-7-17/h5,8-10,12-14,17H,6-7,11H2,1-4H3. The molecule has 154 valence electrons. The van der Waals surface area contributed by atoms with Crippen LogP contribution in [0.4, 0.5) is 21.0 Å². The predicted octanol–water partition coefficient (Wildman–Crippen LogP) is 4.21. The van der Waals surface area contributed by atoms with E-state index in [1.165, 1.54) is 7.11 Å². The van der Waals surface area contributed by atoms with Crippen molar-refractivity contribution >= 4 is 23.6 Å². The summed E-state index contributed by atoms with van der Waals surface area (Å²) in [5, 5.41) is 4.46. The Morgan fingerprint density at radius 1 is 1.14 bits per heavy atom. The van der Waals surface area contributed by atoms with E-state index >= 15 is 0 Å². The van der Waals surface area contributed by atoms with E-state index < -0.39 is 12.2 Å². The minimum atomic E-state index is -0.454. The van der Waals surface area contributed by atoms with Crippen LogP contribution in [-0.2, 0) is 9.47 Å². The molecule has 1 aliphatic carbocycles. The first kappa shape index (κ1) is 19.3. The lowest BCUT2D eigenvalue weighted by Crippen LogP contribution is -2.52. The third kappa shape index (κ3) is 3.66. The van der Waals surface area contributed by atoms with E-state index in [-0.39, 0.29) is 12.1 Å². The molecule has 8 heteroatoms. The fourth-order valence-electron chi connectivity index (χ4n) is 3.65. The smallest absolute Gasteiger partial charge is 0.414 e. The highest BCUT2D eigenvalue weighted by molar-refractivity contribution is 6.01. The molecule has 29 heavy (non-hydrogen) atoms. The second-order valence-corrected chi connectivity index (χ2v) is 7.88. The van der Waals surface area contributed by atoms with Crippen LogP contribution in [0.3, 0.4) is 0 Å². The van der Waals surface area contributed by atoms with Crippen molar-refractivity contribution in [2.24, 2.45) is 0 Å². The summed E-state index contributed by atoms with van der Waals surface area (Å²) in [6.45, 7) is 5.83. The molecule has 2 aromatic rings. The average molecular weight is 398 g/mol. The molecule has 0 N–H and O–H groups in total. The number of benzene rings is 1. The number of ether oxygens (including phenoxy) is 2. The molecular formula is C21H26N4O4. The summed E-state index contributed by atoms with van der Waals surface area (Å²) >= 11 is 0. The molecule has 0 bridgehead atoms. The first-order valence-electron chi connectivity index (χ1n) is 9.93. The summed E-state index contributed by atoms with van der Waals surface area (Å²) in [5.41, 5.74) is 3.14. The van der Waals surface area contributed by atoms with Crippen molar-refractivity contribution in [2.75, 3.05) is 23.5 Å². The van der Waals surface area contributed by atoms with Gasteiger partial charge in [-0.1, -0.05) is 6.07 Å². The van der Waals surface area contributed by atoms with E-state index in [0.29, 0.717) is 24.0 Å². The van der Waals surface area contributed by atoms with Crippen LogP contribution in [0, 0.1) is 0 Å². The van der Waals surface area contributed by atoms with E-state index in [9.17, 15) is 9.59 Å². The molecule has 1 unspecified atom stereocenters.